The molecule has 2 heterocycles. The van der Waals surface area contributed by atoms with Crippen molar-refractivity contribution < 1.29 is 9.18 Å². The van der Waals surface area contributed by atoms with Crippen LogP contribution in [0.4, 0.5) is 15.9 Å². The van der Waals surface area contributed by atoms with Gasteiger partial charge in [-0.1, -0.05) is 26.0 Å². The van der Waals surface area contributed by atoms with Crippen molar-refractivity contribution in [3.05, 3.63) is 74.4 Å². The molecule has 0 fully saturated rings. The van der Waals surface area contributed by atoms with E-state index < -0.39 is 17.2 Å². The van der Waals surface area contributed by atoms with Crippen LogP contribution < -0.4 is 22.3 Å². The number of carbonyl (C=O) groups is 1. The molecule has 0 spiro atoms. The van der Waals surface area contributed by atoms with Crippen LogP contribution in [-0.2, 0) is 13.1 Å². The summed E-state index contributed by atoms with van der Waals surface area (Å²) in [4.78, 5) is 39.5. The summed E-state index contributed by atoms with van der Waals surface area (Å²) in [6.07, 6.45) is 2.79. The van der Waals surface area contributed by atoms with Crippen LogP contribution in [0.5, 0.6) is 0 Å². The number of anilines is 2. The first-order valence-corrected chi connectivity index (χ1v) is 8.95. The van der Waals surface area contributed by atoms with Crippen molar-refractivity contribution in [2.45, 2.75) is 26.9 Å². The molecule has 3 aromatic rings. The first-order chi connectivity index (χ1) is 13.7. The van der Waals surface area contributed by atoms with E-state index in [0.717, 1.165) is 4.57 Å². The second-order valence-corrected chi connectivity index (χ2v) is 7.04. The van der Waals surface area contributed by atoms with E-state index in [1.54, 1.807) is 12.1 Å². The van der Waals surface area contributed by atoms with Crippen LogP contribution in [0.15, 0.2) is 46.2 Å². The SMILES string of the molecule is CC(C)Cn1c(=O)[nH]c(N)c(NC(=O)c2cnn(Cc3cccc(F)c3)c2)c1=O. The molecule has 0 bridgehead atoms. The zero-order chi connectivity index (χ0) is 21.1. The number of hydrogen-bond donors (Lipinski definition) is 3. The van der Waals surface area contributed by atoms with Gasteiger partial charge < -0.3 is 11.1 Å². The third-order valence-electron chi connectivity index (χ3n) is 4.13. The Morgan fingerprint density at radius 2 is 2.10 bits per heavy atom. The van der Waals surface area contributed by atoms with Crippen molar-refractivity contribution in [1.82, 2.24) is 19.3 Å². The first-order valence-electron chi connectivity index (χ1n) is 8.95. The molecular formula is C19H21FN6O3. The summed E-state index contributed by atoms with van der Waals surface area (Å²) >= 11 is 0. The minimum Gasteiger partial charge on any atom is -0.383 e. The van der Waals surface area contributed by atoms with Crippen molar-refractivity contribution >= 4 is 17.4 Å². The quantitative estimate of drug-likeness (QED) is 0.576. The van der Waals surface area contributed by atoms with E-state index in [4.69, 9.17) is 5.73 Å². The number of aromatic nitrogens is 4. The summed E-state index contributed by atoms with van der Waals surface area (Å²) in [6, 6.07) is 6.04. The highest BCUT2D eigenvalue weighted by molar-refractivity contribution is 6.05. The van der Waals surface area contributed by atoms with Crippen molar-refractivity contribution in [2.75, 3.05) is 11.1 Å². The Labute approximate surface area is 165 Å². The third-order valence-corrected chi connectivity index (χ3v) is 4.13. The van der Waals surface area contributed by atoms with Crippen molar-refractivity contribution in [2.24, 2.45) is 5.92 Å². The predicted octanol–water partition coefficient (Wildman–Crippen LogP) is 1.41. The van der Waals surface area contributed by atoms with Gasteiger partial charge >= 0.3 is 5.69 Å². The van der Waals surface area contributed by atoms with Gasteiger partial charge in [0.05, 0.1) is 18.3 Å². The van der Waals surface area contributed by atoms with Crippen LogP contribution in [0.2, 0.25) is 0 Å². The number of aromatic amines is 1. The van der Waals surface area contributed by atoms with E-state index in [1.165, 1.54) is 29.2 Å². The Kier molecular flexibility index (Phi) is 5.62. The second-order valence-electron chi connectivity index (χ2n) is 7.04. The molecule has 0 unspecified atom stereocenters. The topological polar surface area (TPSA) is 128 Å². The van der Waals surface area contributed by atoms with Gasteiger partial charge in [0.1, 0.15) is 17.3 Å². The number of benzene rings is 1. The van der Waals surface area contributed by atoms with Gasteiger partial charge in [0.25, 0.3) is 11.5 Å². The van der Waals surface area contributed by atoms with Gasteiger partial charge in [0, 0.05) is 12.7 Å². The number of rotatable bonds is 6. The van der Waals surface area contributed by atoms with Crippen LogP contribution in [0.25, 0.3) is 0 Å². The van der Waals surface area contributed by atoms with Gasteiger partial charge in [0.15, 0.2) is 0 Å². The largest absolute Gasteiger partial charge is 0.383 e. The summed E-state index contributed by atoms with van der Waals surface area (Å²) in [6.45, 7) is 4.16. The van der Waals surface area contributed by atoms with Crippen molar-refractivity contribution in [3.8, 4) is 0 Å². The summed E-state index contributed by atoms with van der Waals surface area (Å²) in [5, 5.41) is 6.52. The fourth-order valence-electron chi connectivity index (χ4n) is 2.81. The lowest BCUT2D eigenvalue weighted by atomic mass is 10.2. The second kappa shape index (κ2) is 8.13. The molecule has 0 aliphatic heterocycles. The number of hydrogen-bond acceptors (Lipinski definition) is 5. The molecule has 4 N–H and O–H groups in total. The highest BCUT2D eigenvalue weighted by Crippen LogP contribution is 2.11. The minimum absolute atomic E-state index is 0.0435. The zero-order valence-corrected chi connectivity index (χ0v) is 16.0. The van der Waals surface area contributed by atoms with Crippen LogP contribution in [0.3, 0.4) is 0 Å². The number of nitrogens with two attached hydrogens (primary N) is 1. The smallest absolute Gasteiger partial charge is 0.330 e. The Hall–Kier alpha value is -3.69. The van der Waals surface area contributed by atoms with E-state index in [1.807, 2.05) is 13.8 Å². The summed E-state index contributed by atoms with van der Waals surface area (Å²) in [7, 11) is 0. The molecule has 2 aromatic heterocycles. The number of nitrogens with one attached hydrogen (secondary N) is 2. The third kappa shape index (κ3) is 4.60. The highest BCUT2D eigenvalue weighted by Gasteiger charge is 2.17. The van der Waals surface area contributed by atoms with E-state index in [9.17, 15) is 18.8 Å². The molecule has 0 saturated heterocycles. The molecule has 29 heavy (non-hydrogen) atoms. The first kappa shape index (κ1) is 20.1. The molecule has 0 saturated carbocycles. The summed E-state index contributed by atoms with van der Waals surface area (Å²) in [5.74, 6) is -1.15. The van der Waals surface area contributed by atoms with Crippen LogP contribution in [0, 0.1) is 11.7 Å². The maximum atomic E-state index is 13.3. The molecular weight excluding hydrogens is 379 g/mol. The van der Waals surface area contributed by atoms with Gasteiger partial charge in [0.2, 0.25) is 0 Å². The molecule has 9 nitrogen and oxygen atoms in total. The van der Waals surface area contributed by atoms with Gasteiger partial charge in [-0.3, -0.25) is 23.8 Å². The zero-order valence-electron chi connectivity index (χ0n) is 16.0. The van der Waals surface area contributed by atoms with E-state index >= 15 is 0 Å². The van der Waals surface area contributed by atoms with Crippen molar-refractivity contribution in [1.29, 1.82) is 0 Å². The highest BCUT2D eigenvalue weighted by atomic mass is 19.1. The number of amides is 1. The normalized spacial score (nSPS) is 11.0. The number of halogens is 1. The lowest BCUT2D eigenvalue weighted by molar-refractivity contribution is 0.102. The molecule has 152 valence electrons. The van der Waals surface area contributed by atoms with Crippen LogP contribution in [0.1, 0.15) is 29.8 Å². The van der Waals surface area contributed by atoms with E-state index in [-0.39, 0.29) is 41.9 Å². The molecule has 0 atom stereocenters. The van der Waals surface area contributed by atoms with E-state index in [2.05, 4.69) is 15.4 Å². The molecule has 1 amide bonds. The number of nitrogens with zero attached hydrogens (tertiary/aromatic N) is 3. The van der Waals surface area contributed by atoms with Gasteiger partial charge in [-0.2, -0.15) is 5.10 Å². The number of carbonyl (C=O) groups excluding carboxylic acids is 1. The Bertz CT molecular complexity index is 1160. The molecule has 10 heteroatoms. The molecule has 0 aliphatic carbocycles. The lowest BCUT2D eigenvalue weighted by Gasteiger charge is -2.11. The van der Waals surface area contributed by atoms with Gasteiger partial charge in [-0.05, 0) is 23.6 Å². The average Bonchev–Trinajstić information content (AvgIpc) is 3.10. The standard InChI is InChI=1S/C19H21FN6O3/c1-11(2)8-26-18(28)15(16(21)24-19(26)29)23-17(27)13-7-22-25(10-13)9-12-4-3-5-14(20)6-12/h3-7,10-11H,8-9,21H2,1-2H3,(H,23,27)(H,24,29). The Balaban J connectivity index is 1.81. The number of nitrogen functional groups attached to an aromatic ring is 1. The molecule has 0 radical (unpaired) electrons. The Morgan fingerprint density at radius 3 is 2.79 bits per heavy atom. The fourth-order valence-corrected chi connectivity index (χ4v) is 2.81. The lowest BCUT2D eigenvalue weighted by Crippen LogP contribution is -2.39. The monoisotopic (exact) mass is 400 g/mol. The maximum Gasteiger partial charge on any atom is 0.330 e. The summed E-state index contributed by atoms with van der Waals surface area (Å²) < 4.78 is 15.8. The summed E-state index contributed by atoms with van der Waals surface area (Å²) in [5.41, 5.74) is 5.08. The molecule has 1 aromatic carbocycles. The predicted molar refractivity (Wildman–Crippen MR) is 106 cm³/mol. The van der Waals surface area contributed by atoms with Crippen molar-refractivity contribution in [3.63, 3.8) is 0 Å². The average molecular weight is 400 g/mol. The van der Waals surface area contributed by atoms with Crippen LogP contribution >= 0.6 is 0 Å². The fraction of sp³-hybridized carbons (Fsp3) is 0.263. The number of H-pyrrole nitrogens is 1. The maximum absolute atomic E-state index is 13.3. The van der Waals surface area contributed by atoms with Gasteiger partial charge in [-0.25, -0.2) is 9.18 Å². The van der Waals surface area contributed by atoms with Crippen LogP contribution in [-0.4, -0.2) is 25.2 Å². The van der Waals surface area contributed by atoms with E-state index in [0.29, 0.717) is 5.56 Å². The minimum atomic E-state index is -0.680. The van der Waals surface area contributed by atoms with Gasteiger partial charge in [-0.15, -0.1) is 0 Å². The molecule has 3 rings (SSSR count). The molecule has 0 aliphatic rings. The Morgan fingerprint density at radius 1 is 1.34 bits per heavy atom.